The molecule has 0 saturated carbocycles. The molecule has 3 nitrogen and oxygen atoms in total. The van der Waals surface area contributed by atoms with Crippen LogP contribution >= 0.6 is 12.6 Å². The average Bonchev–Trinajstić information content (AvgIpc) is 2.90. The second kappa shape index (κ2) is 6.22. The molecule has 0 spiro atoms. The standard InChI is InChI=1S/C17H18O3S/c1-5-13(17(18)19-4)16(21)12-7-6-11-8-14(10(2)3)20-15(11)9-12/h5-10,21H,1H2,2-4H3/b16-13+. The molecule has 0 aliphatic carbocycles. The summed E-state index contributed by atoms with van der Waals surface area (Å²) >= 11 is 4.43. The predicted octanol–water partition coefficient (Wildman–Crippen LogP) is 4.56. The lowest BCUT2D eigenvalue weighted by Crippen LogP contribution is -2.03. The van der Waals surface area contributed by atoms with Crippen LogP contribution in [0.3, 0.4) is 0 Å². The summed E-state index contributed by atoms with van der Waals surface area (Å²) in [6, 6.07) is 7.75. The molecular weight excluding hydrogens is 284 g/mol. The maximum absolute atomic E-state index is 11.7. The Morgan fingerprint density at radius 1 is 1.38 bits per heavy atom. The smallest absolute Gasteiger partial charge is 0.338 e. The molecule has 0 aliphatic heterocycles. The van der Waals surface area contributed by atoms with E-state index in [9.17, 15) is 4.79 Å². The monoisotopic (exact) mass is 302 g/mol. The molecule has 21 heavy (non-hydrogen) atoms. The fourth-order valence-electron chi connectivity index (χ4n) is 2.03. The number of methoxy groups -OCH3 is 1. The van der Waals surface area contributed by atoms with E-state index in [0.717, 1.165) is 22.3 Å². The first-order chi connectivity index (χ1) is 9.97. The number of esters is 1. The highest BCUT2D eigenvalue weighted by atomic mass is 32.1. The van der Waals surface area contributed by atoms with Crippen molar-refractivity contribution in [1.29, 1.82) is 0 Å². The van der Waals surface area contributed by atoms with Gasteiger partial charge in [0.05, 0.1) is 12.7 Å². The largest absolute Gasteiger partial charge is 0.465 e. The molecule has 0 aliphatic rings. The van der Waals surface area contributed by atoms with Crippen molar-refractivity contribution in [3.05, 3.63) is 53.8 Å². The topological polar surface area (TPSA) is 39.4 Å². The van der Waals surface area contributed by atoms with Gasteiger partial charge in [-0.15, -0.1) is 12.6 Å². The lowest BCUT2D eigenvalue weighted by molar-refractivity contribution is -0.135. The Morgan fingerprint density at radius 3 is 2.67 bits per heavy atom. The second-order valence-corrected chi connectivity index (χ2v) is 5.46. The first-order valence-corrected chi connectivity index (χ1v) is 7.10. The number of thiol groups is 1. The van der Waals surface area contributed by atoms with Crippen LogP contribution in [-0.4, -0.2) is 13.1 Å². The Morgan fingerprint density at radius 2 is 2.10 bits per heavy atom. The number of hydrogen-bond acceptors (Lipinski definition) is 4. The zero-order valence-electron chi connectivity index (χ0n) is 12.3. The van der Waals surface area contributed by atoms with Crippen LogP contribution in [0.5, 0.6) is 0 Å². The van der Waals surface area contributed by atoms with Gasteiger partial charge in [0.25, 0.3) is 0 Å². The predicted molar refractivity (Wildman–Crippen MR) is 88.4 cm³/mol. The summed E-state index contributed by atoms with van der Waals surface area (Å²) in [7, 11) is 1.33. The van der Waals surface area contributed by atoms with Crippen LogP contribution in [-0.2, 0) is 9.53 Å². The van der Waals surface area contributed by atoms with E-state index in [1.54, 1.807) is 0 Å². The number of benzene rings is 1. The van der Waals surface area contributed by atoms with Crippen LogP contribution in [0.4, 0.5) is 0 Å². The van der Waals surface area contributed by atoms with Gasteiger partial charge in [-0.05, 0) is 17.7 Å². The Hall–Kier alpha value is -1.94. The maximum Gasteiger partial charge on any atom is 0.338 e. The van der Waals surface area contributed by atoms with Gasteiger partial charge in [0.1, 0.15) is 11.3 Å². The summed E-state index contributed by atoms with van der Waals surface area (Å²) in [6.45, 7) is 7.79. The number of furan rings is 1. The molecule has 1 aromatic heterocycles. The number of carbonyl (C=O) groups excluding carboxylic acids is 1. The molecule has 0 radical (unpaired) electrons. The lowest BCUT2D eigenvalue weighted by atomic mass is 10.1. The quantitative estimate of drug-likeness (QED) is 0.389. The Bertz CT molecular complexity index is 723. The van der Waals surface area contributed by atoms with E-state index in [0.29, 0.717) is 16.4 Å². The summed E-state index contributed by atoms with van der Waals surface area (Å²) in [5.41, 5.74) is 1.89. The normalized spacial score (nSPS) is 12.4. The van der Waals surface area contributed by atoms with Crippen LogP contribution in [0.2, 0.25) is 0 Å². The second-order valence-electron chi connectivity index (χ2n) is 5.01. The fraction of sp³-hybridized carbons (Fsp3) is 0.235. The third kappa shape index (κ3) is 3.05. The molecule has 2 aromatic rings. The molecule has 1 aromatic carbocycles. The Labute approximate surface area is 129 Å². The van der Waals surface area contributed by atoms with E-state index in [1.165, 1.54) is 13.2 Å². The molecule has 4 heteroatoms. The summed E-state index contributed by atoms with van der Waals surface area (Å²) < 4.78 is 10.6. The highest BCUT2D eigenvalue weighted by molar-refractivity contribution is 7.90. The zero-order valence-corrected chi connectivity index (χ0v) is 13.2. The van der Waals surface area contributed by atoms with Gasteiger partial charge in [-0.3, -0.25) is 0 Å². The van der Waals surface area contributed by atoms with Crippen molar-refractivity contribution in [2.24, 2.45) is 0 Å². The Kier molecular flexibility index (Phi) is 4.58. The molecular formula is C17H18O3S. The van der Waals surface area contributed by atoms with E-state index in [4.69, 9.17) is 9.15 Å². The minimum atomic E-state index is -0.461. The van der Waals surface area contributed by atoms with Crippen LogP contribution in [0, 0.1) is 0 Å². The third-order valence-corrected chi connectivity index (χ3v) is 3.75. The summed E-state index contributed by atoms with van der Waals surface area (Å²) in [6.07, 6.45) is 1.44. The number of fused-ring (bicyclic) bond motifs is 1. The van der Waals surface area contributed by atoms with E-state index in [2.05, 4.69) is 33.1 Å². The SMILES string of the molecule is C=C/C(C(=O)OC)=C(\S)c1ccc2cc(C(C)C)oc2c1. The molecule has 0 N–H and O–H groups in total. The van der Waals surface area contributed by atoms with Gasteiger partial charge >= 0.3 is 5.97 Å². The summed E-state index contributed by atoms with van der Waals surface area (Å²) in [5.74, 6) is 0.798. The molecule has 0 atom stereocenters. The molecule has 0 bridgehead atoms. The number of carbonyl (C=O) groups is 1. The van der Waals surface area contributed by atoms with E-state index in [-0.39, 0.29) is 0 Å². The van der Waals surface area contributed by atoms with Crippen LogP contribution in [0.15, 0.2) is 46.9 Å². The maximum atomic E-state index is 11.7. The van der Waals surface area contributed by atoms with Crippen molar-refractivity contribution in [2.75, 3.05) is 7.11 Å². The van der Waals surface area contributed by atoms with Crippen molar-refractivity contribution in [2.45, 2.75) is 19.8 Å². The van der Waals surface area contributed by atoms with Crippen LogP contribution < -0.4 is 0 Å². The lowest BCUT2D eigenvalue weighted by Gasteiger charge is -2.06. The Balaban J connectivity index is 2.53. The van der Waals surface area contributed by atoms with Crippen molar-refractivity contribution >= 4 is 34.5 Å². The molecule has 0 amide bonds. The van der Waals surface area contributed by atoms with Gasteiger partial charge in [-0.25, -0.2) is 4.79 Å². The van der Waals surface area contributed by atoms with Crippen molar-refractivity contribution in [3.8, 4) is 0 Å². The average molecular weight is 302 g/mol. The number of hydrogen-bond donors (Lipinski definition) is 1. The number of ether oxygens (including phenoxy) is 1. The van der Waals surface area contributed by atoms with Gasteiger partial charge in [0, 0.05) is 16.2 Å². The molecule has 1 heterocycles. The summed E-state index contributed by atoms with van der Waals surface area (Å²) in [4.78, 5) is 12.2. The van der Waals surface area contributed by atoms with Crippen LogP contribution in [0.25, 0.3) is 15.9 Å². The van der Waals surface area contributed by atoms with E-state index < -0.39 is 5.97 Å². The van der Waals surface area contributed by atoms with Gasteiger partial charge in [0.15, 0.2) is 0 Å². The fourth-order valence-corrected chi connectivity index (χ4v) is 2.35. The van der Waals surface area contributed by atoms with E-state index >= 15 is 0 Å². The molecule has 2 rings (SSSR count). The molecule has 0 unspecified atom stereocenters. The zero-order chi connectivity index (χ0) is 15.6. The van der Waals surface area contributed by atoms with Crippen LogP contribution in [0.1, 0.15) is 31.1 Å². The molecule has 0 saturated heterocycles. The van der Waals surface area contributed by atoms with Crippen molar-refractivity contribution in [3.63, 3.8) is 0 Å². The van der Waals surface area contributed by atoms with Crippen molar-refractivity contribution in [1.82, 2.24) is 0 Å². The third-order valence-electron chi connectivity index (χ3n) is 3.25. The molecule has 0 fully saturated rings. The molecule has 110 valence electrons. The van der Waals surface area contributed by atoms with E-state index in [1.807, 2.05) is 24.3 Å². The summed E-state index contributed by atoms with van der Waals surface area (Å²) in [5, 5.41) is 1.03. The first-order valence-electron chi connectivity index (χ1n) is 6.65. The highest BCUT2D eigenvalue weighted by Crippen LogP contribution is 2.30. The van der Waals surface area contributed by atoms with Gasteiger partial charge < -0.3 is 9.15 Å². The minimum absolute atomic E-state index is 0.325. The van der Waals surface area contributed by atoms with Crippen molar-refractivity contribution < 1.29 is 13.9 Å². The highest BCUT2D eigenvalue weighted by Gasteiger charge is 2.14. The number of rotatable bonds is 4. The van der Waals surface area contributed by atoms with Gasteiger partial charge in [-0.1, -0.05) is 38.6 Å². The minimum Gasteiger partial charge on any atom is -0.465 e. The first kappa shape index (κ1) is 15.4. The van der Waals surface area contributed by atoms with Gasteiger partial charge in [0.2, 0.25) is 0 Å². The van der Waals surface area contributed by atoms with Gasteiger partial charge in [-0.2, -0.15) is 0 Å².